The number of anilines is 1. The Morgan fingerprint density at radius 2 is 1.55 bits per heavy atom. The zero-order valence-corrected chi connectivity index (χ0v) is 12.2. The third kappa shape index (κ3) is 3.37. The van der Waals surface area contributed by atoms with E-state index in [1.54, 1.807) is 19.2 Å². The third-order valence-corrected chi connectivity index (χ3v) is 4.89. The van der Waals surface area contributed by atoms with Gasteiger partial charge < -0.3 is 5.73 Å². The number of sulfonamides is 1. The van der Waals surface area contributed by atoms with E-state index in [9.17, 15) is 8.42 Å². The van der Waals surface area contributed by atoms with E-state index in [0.29, 0.717) is 12.2 Å². The van der Waals surface area contributed by atoms with Gasteiger partial charge in [0.05, 0.1) is 11.4 Å². The summed E-state index contributed by atoms with van der Waals surface area (Å²) >= 11 is 0. The van der Waals surface area contributed by atoms with Gasteiger partial charge in [0.15, 0.2) is 0 Å². The maximum Gasteiger partial charge on any atom is 0.239 e. The van der Waals surface area contributed by atoms with Crippen molar-refractivity contribution in [3.63, 3.8) is 0 Å². The molecule has 5 heteroatoms. The number of hydrogen-bond acceptors (Lipinski definition) is 3. The van der Waals surface area contributed by atoms with Gasteiger partial charge in [-0.25, -0.2) is 8.42 Å². The number of hydrogen-bond donors (Lipinski definition) is 1. The zero-order chi connectivity index (χ0) is 14.6. The van der Waals surface area contributed by atoms with Crippen LogP contribution in [-0.4, -0.2) is 15.5 Å². The van der Waals surface area contributed by atoms with Crippen molar-refractivity contribution in [2.75, 3.05) is 11.4 Å². The highest BCUT2D eigenvalue weighted by atomic mass is 32.2. The average Bonchev–Trinajstić information content (AvgIpc) is 2.47. The number of nitrogens with zero attached hydrogens (tertiary/aromatic N) is 1. The van der Waals surface area contributed by atoms with Gasteiger partial charge in [-0.15, -0.1) is 0 Å². The molecule has 0 unspecified atom stereocenters. The van der Waals surface area contributed by atoms with Crippen LogP contribution in [0.3, 0.4) is 0 Å². The van der Waals surface area contributed by atoms with Crippen molar-refractivity contribution in [1.82, 2.24) is 0 Å². The van der Waals surface area contributed by atoms with E-state index in [-0.39, 0.29) is 5.75 Å². The maximum absolute atomic E-state index is 12.4. The van der Waals surface area contributed by atoms with Gasteiger partial charge in [-0.2, -0.15) is 0 Å². The molecule has 0 bridgehead atoms. The Balaban J connectivity index is 2.20. The second kappa shape index (κ2) is 6.07. The number of benzene rings is 2. The van der Waals surface area contributed by atoms with Crippen LogP contribution in [0.2, 0.25) is 0 Å². The summed E-state index contributed by atoms with van der Waals surface area (Å²) < 4.78 is 26.0. The normalized spacial score (nSPS) is 11.3. The van der Waals surface area contributed by atoms with E-state index in [0.717, 1.165) is 11.1 Å². The van der Waals surface area contributed by atoms with Crippen molar-refractivity contribution in [3.05, 3.63) is 65.7 Å². The van der Waals surface area contributed by atoms with Crippen molar-refractivity contribution in [2.24, 2.45) is 5.73 Å². The van der Waals surface area contributed by atoms with Gasteiger partial charge in [-0.1, -0.05) is 42.5 Å². The SMILES string of the molecule is CN(c1ccc(CN)cc1)S(=O)(=O)Cc1ccccc1. The van der Waals surface area contributed by atoms with Crippen molar-refractivity contribution >= 4 is 15.7 Å². The minimum atomic E-state index is -3.38. The van der Waals surface area contributed by atoms with Crippen LogP contribution < -0.4 is 10.0 Å². The van der Waals surface area contributed by atoms with Gasteiger partial charge in [0.1, 0.15) is 0 Å². The lowest BCUT2D eigenvalue weighted by atomic mass is 10.2. The Morgan fingerprint density at radius 3 is 2.10 bits per heavy atom. The van der Waals surface area contributed by atoms with E-state index in [1.807, 2.05) is 42.5 Å². The predicted molar refractivity (Wildman–Crippen MR) is 81.8 cm³/mol. The number of nitrogens with two attached hydrogens (primary N) is 1. The van der Waals surface area contributed by atoms with Crippen molar-refractivity contribution in [1.29, 1.82) is 0 Å². The quantitative estimate of drug-likeness (QED) is 0.917. The molecule has 0 atom stereocenters. The second-order valence-corrected chi connectivity index (χ2v) is 6.58. The van der Waals surface area contributed by atoms with Crippen molar-refractivity contribution < 1.29 is 8.42 Å². The van der Waals surface area contributed by atoms with Gasteiger partial charge in [-0.05, 0) is 23.3 Å². The van der Waals surface area contributed by atoms with E-state index in [4.69, 9.17) is 5.73 Å². The minimum Gasteiger partial charge on any atom is -0.326 e. The summed E-state index contributed by atoms with van der Waals surface area (Å²) in [7, 11) is -1.82. The Labute approximate surface area is 119 Å². The summed E-state index contributed by atoms with van der Waals surface area (Å²) in [6, 6.07) is 16.4. The molecule has 2 rings (SSSR count). The fraction of sp³-hybridized carbons (Fsp3) is 0.200. The Bertz CT molecular complexity index is 652. The topological polar surface area (TPSA) is 63.4 Å². The van der Waals surface area contributed by atoms with Crippen LogP contribution in [0.25, 0.3) is 0 Å². The molecule has 2 aromatic rings. The van der Waals surface area contributed by atoms with Crippen LogP contribution in [-0.2, 0) is 22.3 Å². The molecule has 0 aliphatic rings. The highest BCUT2D eigenvalue weighted by Gasteiger charge is 2.18. The van der Waals surface area contributed by atoms with Crippen molar-refractivity contribution in [2.45, 2.75) is 12.3 Å². The molecule has 106 valence electrons. The predicted octanol–water partition coefficient (Wildman–Crippen LogP) is 2.11. The Hall–Kier alpha value is -1.85. The summed E-state index contributed by atoms with van der Waals surface area (Å²) in [4.78, 5) is 0. The first-order valence-electron chi connectivity index (χ1n) is 6.32. The average molecular weight is 290 g/mol. The lowest BCUT2D eigenvalue weighted by Crippen LogP contribution is -2.27. The fourth-order valence-corrected chi connectivity index (χ4v) is 3.13. The van der Waals surface area contributed by atoms with Gasteiger partial charge in [0.2, 0.25) is 10.0 Å². The van der Waals surface area contributed by atoms with Gasteiger partial charge in [0.25, 0.3) is 0 Å². The lowest BCUT2D eigenvalue weighted by molar-refractivity contribution is 0.593. The molecule has 0 aliphatic heterocycles. The molecule has 0 heterocycles. The van der Waals surface area contributed by atoms with E-state index < -0.39 is 10.0 Å². The van der Waals surface area contributed by atoms with Crippen LogP contribution >= 0.6 is 0 Å². The molecule has 0 amide bonds. The molecule has 2 aromatic carbocycles. The van der Waals surface area contributed by atoms with Gasteiger partial charge in [-0.3, -0.25) is 4.31 Å². The Morgan fingerprint density at radius 1 is 0.950 bits per heavy atom. The lowest BCUT2D eigenvalue weighted by Gasteiger charge is -2.19. The molecule has 20 heavy (non-hydrogen) atoms. The summed E-state index contributed by atoms with van der Waals surface area (Å²) in [6.45, 7) is 0.445. The van der Waals surface area contributed by atoms with Gasteiger partial charge in [0, 0.05) is 13.6 Å². The van der Waals surface area contributed by atoms with Crippen LogP contribution in [0.1, 0.15) is 11.1 Å². The van der Waals surface area contributed by atoms with Crippen LogP contribution in [0.5, 0.6) is 0 Å². The van der Waals surface area contributed by atoms with Crippen LogP contribution in [0.4, 0.5) is 5.69 Å². The molecule has 2 N–H and O–H groups in total. The maximum atomic E-state index is 12.4. The number of rotatable bonds is 5. The van der Waals surface area contributed by atoms with Crippen LogP contribution in [0.15, 0.2) is 54.6 Å². The molecule has 0 radical (unpaired) electrons. The standard InChI is InChI=1S/C15H18N2O2S/c1-17(15-9-7-13(11-16)8-10-15)20(18,19)12-14-5-3-2-4-6-14/h2-10H,11-12,16H2,1H3. The largest absolute Gasteiger partial charge is 0.326 e. The second-order valence-electron chi connectivity index (χ2n) is 4.58. The first-order valence-corrected chi connectivity index (χ1v) is 7.93. The fourth-order valence-electron chi connectivity index (χ4n) is 1.88. The molecule has 0 saturated carbocycles. The van der Waals surface area contributed by atoms with Gasteiger partial charge >= 0.3 is 0 Å². The monoisotopic (exact) mass is 290 g/mol. The molecule has 0 spiro atoms. The Kier molecular flexibility index (Phi) is 4.42. The molecule has 0 fully saturated rings. The van der Waals surface area contributed by atoms with E-state index in [2.05, 4.69) is 0 Å². The third-order valence-electron chi connectivity index (χ3n) is 3.14. The molecule has 0 aromatic heterocycles. The van der Waals surface area contributed by atoms with E-state index in [1.165, 1.54) is 4.31 Å². The summed E-state index contributed by atoms with van der Waals surface area (Å²) in [5.41, 5.74) is 7.92. The molecule has 0 aliphatic carbocycles. The molecular formula is C15H18N2O2S. The van der Waals surface area contributed by atoms with E-state index >= 15 is 0 Å². The summed E-state index contributed by atoms with van der Waals surface area (Å²) in [6.07, 6.45) is 0. The molecule has 0 saturated heterocycles. The summed E-state index contributed by atoms with van der Waals surface area (Å²) in [5, 5.41) is 0. The molecule has 4 nitrogen and oxygen atoms in total. The van der Waals surface area contributed by atoms with Crippen LogP contribution in [0, 0.1) is 0 Å². The smallest absolute Gasteiger partial charge is 0.239 e. The van der Waals surface area contributed by atoms with Crippen molar-refractivity contribution in [3.8, 4) is 0 Å². The molecular weight excluding hydrogens is 272 g/mol. The first-order chi connectivity index (χ1) is 9.53. The highest BCUT2D eigenvalue weighted by Crippen LogP contribution is 2.19. The first kappa shape index (κ1) is 14.6. The zero-order valence-electron chi connectivity index (χ0n) is 11.4. The minimum absolute atomic E-state index is 0.0109. The summed E-state index contributed by atoms with van der Waals surface area (Å²) in [5.74, 6) is -0.0109. The highest BCUT2D eigenvalue weighted by molar-refractivity contribution is 7.92.